The second kappa shape index (κ2) is 11.1. The maximum atomic E-state index is 13.5. The minimum absolute atomic E-state index is 0.130. The number of esters is 1. The molecule has 0 fully saturated rings. The Balaban J connectivity index is 5.50. The van der Waals surface area contributed by atoms with Gasteiger partial charge >= 0.3 is 51.3 Å². The van der Waals surface area contributed by atoms with Gasteiger partial charge in [0, 0.05) is 19.0 Å². The molecule has 0 rings (SSSR count). The molecule has 0 aliphatic rings. The van der Waals surface area contributed by atoms with Crippen molar-refractivity contribution in [1.29, 1.82) is 0 Å². The Morgan fingerprint density at radius 1 is 0.941 bits per heavy atom. The SMILES string of the molecule is C=CC(=O)OC(OCCCCC(F)(F)C(F)(F)S(=O)(=O)O)(C(=O)NCCC(F)(F)F)C(F)(F)F. The third-order valence-corrected chi connectivity index (χ3v) is 4.66. The van der Waals surface area contributed by atoms with Crippen molar-refractivity contribution in [3.63, 3.8) is 0 Å². The van der Waals surface area contributed by atoms with Crippen LogP contribution < -0.4 is 5.32 Å². The molecule has 34 heavy (non-hydrogen) atoms. The highest BCUT2D eigenvalue weighted by Crippen LogP contribution is 2.42. The van der Waals surface area contributed by atoms with Crippen LogP contribution in [0.2, 0.25) is 0 Å². The van der Waals surface area contributed by atoms with Crippen molar-refractivity contribution >= 4 is 22.0 Å². The van der Waals surface area contributed by atoms with Crippen LogP contribution in [0.1, 0.15) is 25.7 Å². The van der Waals surface area contributed by atoms with Gasteiger partial charge in [-0.05, 0) is 12.8 Å². The zero-order chi connectivity index (χ0) is 27.2. The summed E-state index contributed by atoms with van der Waals surface area (Å²) in [7, 11) is -6.56. The second-order valence-corrected chi connectivity index (χ2v) is 7.83. The standard InChI is InChI=1S/C15H17F10NO7S/c1-2-9(27)33-13(14(21,22)23,10(28)26-7-6-12(18,19)20)32-8-4-3-5-11(16,17)15(24,25)34(29,30)31/h2H,1,3-8H2,(H,26,28)(H,29,30,31). The number of unbranched alkanes of at least 4 members (excludes halogenated alkanes) is 1. The number of hydrogen-bond acceptors (Lipinski definition) is 6. The number of nitrogens with one attached hydrogen (secondary N) is 1. The summed E-state index contributed by atoms with van der Waals surface area (Å²) in [4.78, 5) is 23.3. The van der Waals surface area contributed by atoms with Gasteiger partial charge in [0.1, 0.15) is 0 Å². The molecular weight excluding hydrogens is 528 g/mol. The molecule has 0 heterocycles. The molecule has 0 aliphatic heterocycles. The van der Waals surface area contributed by atoms with Gasteiger partial charge < -0.3 is 14.8 Å². The van der Waals surface area contributed by atoms with Crippen LogP contribution in [-0.4, -0.2) is 67.3 Å². The fraction of sp³-hybridized carbons (Fsp3) is 0.733. The van der Waals surface area contributed by atoms with Crippen LogP contribution in [0.15, 0.2) is 12.7 Å². The van der Waals surface area contributed by atoms with Crippen LogP contribution in [0.25, 0.3) is 0 Å². The van der Waals surface area contributed by atoms with E-state index in [4.69, 9.17) is 4.55 Å². The van der Waals surface area contributed by atoms with Crippen molar-refractivity contribution in [3.8, 4) is 0 Å². The van der Waals surface area contributed by atoms with Gasteiger partial charge in [-0.2, -0.15) is 52.3 Å². The zero-order valence-electron chi connectivity index (χ0n) is 16.6. The van der Waals surface area contributed by atoms with E-state index in [1.807, 2.05) is 0 Å². The summed E-state index contributed by atoms with van der Waals surface area (Å²) >= 11 is 0. The topological polar surface area (TPSA) is 119 Å². The van der Waals surface area contributed by atoms with Crippen LogP contribution in [0.3, 0.4) is 0 Å². The number of alkyl halides is 10. The van der Waals surface area contributed by atoms with Crippen LogP contribution in [0.4, 0.5) is 43.9 Å². The minimum Gasteiger partial charge on any atom is -0.412 e. The first-order valence-electron chi connectivity index (χ1n) is 8.68. The van der Waals surface area contributed by atoms with Gasteiger partial charge in [-0.25, -0.2) is 4.79 Å². The first-order valence-corrected chi connectivity index (χ1v) is 10.1. The molecular formula is C15H17F10NO7S. The quantitative estimate of drug-likeness (QED) is 0.0910. The van der Waals surface area contributed by atoms with E-state index < -0.39 is 90.1 Å². The maximum Gasteiger partial charge on any atom is 0.466 e. The normalized spacial score (nSPS) is 15.4. The fourth-order valence-electron chi connectivity index (χ4n) is 2.03. The molecule has 0 aromatic carbocycles. The second-order valence-electron chi connectivity index (χ2n) is 6.36. The van der Waals surface area contributed by atoms with Crippen molar-refractivity contribution in [2.45, 2.75) is 55.0 Å². The van der Waals surface area contributed by atoms with Crippen molar-refractivity contribution < 1.29 is 75.9 Å². The molecule has 19 heteroatoms. The Morgan fingerprint density at radius 2 is 1.47 bits per heavy atom. The number of amides is 1. The van der Waals surface area contributed by atoms with E-state index in [0.717, 1.165) is 0 Å². The van der Waals surface area contributed by atoms with Crippen molar-refractivity contribution in [1.82, 2.24) is 5.32 Å². The predicted octanol–water partition coefficient (Wildman–Crippen LogP) is 3.35. The number of rotatable bonds is 13. The van der Waals surface area contributed by atoms with Gasteiger partial charge in [0.2, 0.25) is 0 Å². The Bertz CT molecular complexity index is 841. The van der Waals surface area contributed by atoms with Crippen LogP contribution in [0.5, 0.6) is 0 Å². The van der Waals surface area contributed by atoms with Gasteiger partial charge in [0.05, 0.1) is 13.0 Å². The highest BCUT2D eigenvalue weighted by Gasteiger charge is 2.67. The van der Waals surface area contributed by atoms with E-state index in [-0.39, 0.29) is 6.08 Å². The van der Waals surface area contributed by atoms with E-state index in [1.165, 1.54) is 5.32 Å². The average Bonchev–Trinajstić information content (AvgIpc) is 2.63. The first kappa shape index (κ1) is 31.9. The fourth-order valence-corrected chi connectivity index (χ4v) is 2.51. The lowest BCUT2D eigenvalue weighted by Gasteiger charge is -2.33. The summed E-state index contributed by atoms with van der Waals surface area (Å²) < 4.78 is 167. The maximum absolute atomic E-state index is 13.5. The summed E-state index contributed by atoms with van der Waals surface area (Å²) in [6.07, 6.45) is -16.7. The zero-order valence-corrected chi connectivity index (χ0v) is 17.4. The smallest absolute Gasteiger partial charge is 0.412 e. The molecule has 0 spiro atoms. The molecule has 0 saturated carbocycles. The molecule has 0 aliphatic carbocycles. The Morgan fingerprint density at radius 3 is 1.88 bits per heavy atom. The van der Waals surface area contributed by atoms with Crippen LogP contribution in [-0.2, 0) is 29.2 Å². The molecule has 1 unspecified atom stereocenters. The molecule has 1 amide bonds. The molecule has 0 bridgehead atoms. The predicted molar refractivity (Wildman–Crippen MR) is 90.0 cm³/mol. The molecule has 0 aromatic heterocycles. The van der Waals surface area contributed by atoms with E-state index in [1.54, 1.807) is 0 Å². The third kappa shape index (κ3) is 8.26. The van der Waals surface area contributed by atoms with Crippen molar-refractivity contribution in [2.75, 3.05) is 13.2 Å². The molecule has 8 nitrogen and oxygen atoms in total. The molecule has 2 N–H and O–H groups in total. The summed E-state index contributed by atoms with van der Waals surface area (Å²) in [5.41, 5.74) is 0. The van der Waals surface area contributed by atoms with Crippen molar-refractivity contribution in [2.24, 2.45) is 0 Å². The Kier molecular flexibility index (Phi) is 10.4. The Labute approximate surface area is 185 Å². The number of halogens is 10. The number of ether oxygens (including phenoxy) is 2. The molecule has 0 aromatic rings. The summed E-state index contributed by atoms with van der Waals surface area (Å²) in [5.74, 6) is -14.3. The van der Waals surface area contributed by atoms with Crippen LogP contribution in [0, 0.1) is 0 Å². The highest BCUT2D eigenvalue weighted by molar-refractivity contribution is 7.87. The molecule has 0 saturated heterocycles. The third-order valence-electron chi connectivity index (χ3n) is 3.72. The van der Waals surface area contributed by atoms with Gasteiger partial charge in [0.15, 0.2) is 0 Å². The average molecular weight is 545 g/mol. The first-order chi connectivity index (χ1) is 15.0. The molecule has 1 atom stereocenters. The lowest BCUT2D eigenvalue weighted by Crippen LogP contribution is -2.61. The lowest BCUT2D eigenvalue weighted by atomic mass is 10.1. The van der Waals surface area contributed by atoms with Gasteiger partial charge in [-0.3, -0.25) is 9.35 Å². The van der Waals surface area contributed by atoms with Gasteiger partial charge in [-0.15, -0.1) is 0 Å². The lowest BCUT2D eigenvalue weighted by molar-refractivity contribution is -0.347. The Hall–Kier alpha value is -2.15. The molecule has 0 radical (unpaired) electrons. The van der Waals surface area contributed by atoms with Crippen LogP contribution >= 0.6 is 0 Å². The monoisotopic (exact) mass is 545 g/mol. The highest BCUT2D eigenvalue weighted by atomic mass is 32.2. The van der Waals surface area contributed by atoms with E-state index in [0.29, 0.717) is 0 Å². The number of hydrogen-bond donors (Lipinski definition) is 2. The largest absolute Gasteiger partial charge is 0.466 e. The summed E-state index contributed by atoms with van der Waals surface area (Å²) in [6.45, 7) is -0.0648. The summed E-state index contributed by atoms with van der Waals surface area (Å²) in [6, 6.07) is 0. The van der Waals surface area contributed by atoms with Gasteiger partial charge in [0.25, 0.3) is 0 Å². The van der Waals surface area contributed by atoms with Gasteiger partial charge in [-0.1, -0.05) is 6.58 Å². The number of carbonyl (C=O) groups is 2. The minimum atomic E-state index is -6.56. The van der Waals surface area contributed by atoms with Crippen molar-refractivity contribution in [3.05, 3.63) is 12.7 Å². The molecule has 200 valence electrons. The van der Waals surface area contributed by atoms with E-state index in [9.17, 15) is 61.9 Å². The number of carbonyl (C=O) groups excluding carboxylic acids is 2. The van der Waals surface area contributed by atoms with E-state index >= 15 is 0 Å². The van der Waals surface area contributed by atoms with E-state index in [2.05, 4.69) is 16.1 Å². The summed E-state index contributed by atoms with van der Waals surface area (Å²) in [5, 5.41) is -4.75.